The Balaban J connectivity index is 2.42. The predicted octanol–water partition coefficient (Wildman–Crippen LogP) is 3.74. The topological polar surface area (TPSA) is 77.1 Å². The number of nitrogens with one attached hydrogen (secondary N) is 1. The van der Waals surface area contributed by atoms with E-state index in [2.05, 4.69) is 19.2 Å². The molecular weight excluding hydrogens is 338 g/mol. The molecule has 1 aromatic heterocycles. The van der Waals surface area contributed by atoms with Crippen LogP contribution in [0, 0.1) is 5.92 Å². The minimum Gasteiger partial charge on any atom is -0.326 e. The van der Waals surface area contributed by atoms with E-state index in [1.54, 1.807) is 16.7 Å². The minimum atomic E-state index is -0.150. The monoisotopic (exact) mass is 363 g/mol. The molecule has 140 valence electrons. The fourth-order valence-electron chi connectivity index (χ4n) is 3.47. The van der Waals surface area contributed by atoms with Crippen molar-refractivity contribution in [3.05, 3.63) is 64.6 Å². The van der Waals surface area contributed by atoms with E-state index in [1.165, 1.54) is 6.92 Å². The molecule has 0 saturated heterocycles. The number of carbonyl (C=O) groups is 1. The fourth-order valence-corrected chi connectivity index (χ4v) is 3.47. The van der Waals surface area contributed by atoms with Crippen LogP contribution in [0.2, 0.25) is 0 Å². The molecule has 2 aromatic carbocycles. The van der Waals surface area contributed by atoms with Gasteiger partial charge in [0.25, 0.3) is 5.56 Å². The van der Waals surface area contributed by atoms with Gasteiger partial charge < -0.3 is 15.6 Å². The van der Waals surface area contributed by atoms with Gasteiger partial charge >= 0.3 is 0 Å². The summed E-state index contributed by atoms with van der Waals surface area (Å²) >= 11 is 0. The number of fused-ring (bicyclic) bond motifs is 1. The molecule has 3 rings (SSSR count). The number of rotatable bonds is 5. The largest absolute Gasteiger partial charge is 0.326 e. The molecule has 0 spiro atoms. The lowest BCUT2D eigenvalue weighted by molar-refractivity contribution is -0.114. The molecule has 27 heavy (non-hydrogen) atoms. The first-order valence-electron chi connectivity index (χ1n) is 9.15. The van der Waals surface area contributed by atoms with E-state index in [0.29, 0.717) is 23.5 Å². The molecule has 5 heteroatoms. The van der Waals surface area contributed by atoms with Crippen LogP contribution in [0.15, 0.2) is 53.3 Å². The lowest BCUT2D eigenvalue weighted by Gasteiger charge is -2.21. The highest BCUT2D eigenvalue weighted by atomic mass is 16.1. The van der Waals surface area contributed by atoms with Crippen LogP contribution >= 0.6 is 0 Å². The van der Waals surface area contributed by atoms with E-state index < -0.39 is 0 Å². The second-order valence-corrected chi connectivity index (χ2v) is 7.14. The summed E-state index contributed by atoms with van der Waals surface area (Å²) in [6, 6.07) is 15.3. The van der Waals surface area contributed by atoms with Crippen LogP contribution in [0.4, 0.5) is 5.69 Å². The Morgan fingerprint density at radius 2 is 1.81 bits per heavy atom. The molecule has 0 unspecified atom stereocenters. The Labute approximate surface area is 158 Å². The zero-order chi connectivity index (χ0) is 19.6. The van der Waals surface area contributed by atoms with Gasteiger partial charge in [-0.05, 0) is 35.1 Å². The van der Waals surface area contributed by atoms with Gasteiger partial charge in [0.05, 0.1) is 0 Å². The van der Waals surface area contributed by atoms with Gasteiger partial charge in [0.2, 0.25) is 5.91 Å². The Morgan fingerprint density at radius 3 is 2.41 bits per heavy atom. The second kappa shape index (κ2) is 7.76. The van der Waals surface area contributed by atoms with Crippen LogP contribution in [-0.2, 0) is 17.9 Å². The number of carbonyl (C=O) groups excluding carboxylic acids is 1. The van der Waals surface area contributed by atoms with Gasteiger partial charge in [-0.2, -0.15) is 0 Å². The molecule has 0 fully saturated rings. The standard InChI is InChI=1S/C22H25N3O2/c1-14(2)13-25-20(12-23)21(16-7-5-4-6-8-16)19-11-17(24-15(3)26)9-10-18(19)22(25)27/h4-11,14H,12-13,23H2,1-3H3,(H,24,26). The second-order valence-electron chi connectivity index (χ2n) is 7.14. The summed E-state index contributed by atoms with van der Waals surface area (Å²) in [6.45, 7) is 6.49. The van der Waals surface area contributed by atoms with Crippen LogP contribution in [0.1, 0.15) is 26.5 Å². The predicted molar refractivity (Wildman–Crippen MR) is 111 cm³/mol. The number of benzene rings is 2. The Bertz CT molecular complexity index is 1040. The van der Waals surface area contributed by atoms with Crippen molar-refractivity contribution in [2.75, 3.05) is 5.32 Å². The third-order valence-corrected chi connectivity index (χ3v) is 4.50. The van der Waals surface area contributed by atoms with Crippen LogP contribution in [-0.4, -0.2) is 10.5 Å². The highest BCUT2D eigenvalue weighted by Gasteiger charge is 2.18. The van der Waals surface area contributed by atoms with Crippen molar-refractivity contribution in [1.82, 2.24) is 4.57 Å². The minimum absolute atomic E-state index is 0.0480. The van der Waals surface area contributed by atoms with Gasteiger partial charge in [0, 0.05) is 42.3 Å². The lowest BCUT2D eigenvalue weighted by atomic mass is 9.96. The Morgan fingerprint density at radius 1 is 1.11 bits per heavy atom. The van der Waals surface area contributed by atoms with Crippen molar-refractivity contribution in [2.45, 2.75) is 33.9 Å². The third-order valence-electron chi connectivity index (χ3n) is 4.50. The van der Waals surface area contributed by atoms with Crippen molar-refractivity contribution in [3.8, 4) is 11.1 Å². The maximum Gasteiger partial charge on any atom is 0.258 e. The number of hydrogen-bond donors (Lipinski definition) is 2. The van der Waals surface area contributed by atoms with Crippen molar-refractivity contribution in [1.29, 1.82) is 0 Å². The summed E-state index contributed by atoms with van der Waals surface area (Å²) in [4.78, 5) is 24.7. The van der Waals surface area contributed by atoms with Crippen molar-refractivity contribution in [3.63, 3.8) is 0 Å². The summed E-state index contributed by atoms with van der Waals surface area (Å²) in [7, 11) is 0. The van der Waals surface area contributed by atoms with Crippen LogP contribution in [0.3, 0.4) is 0 Å². The van der Waals surface area contributed by atoms with Gasteiger partial charge in [0.1, 0.15) is 0 Å². The number of pyridine rings is 1. The fraction of sp³-hybridized carbons (Fsp3) is 0.273. The molecule has 0 bridgehead atoms. The SMILES string of the molecule is CC(=O)Nc1ccc2c(=O)n(CC(C)C)c(CN)c(-c3ccccc3)c2c1. The number of nitrogens with zero attached hydrogens (tertiary/aromatic N) is 1. The van der Waals surface area contributed by atoms with Crippen molar-refractivity contribution in [2.24, 2.45) is 11.7 Å². The summed E-state index contributed by atoms with van der Waals surface area (Å²) in [6.07, 6.45) is 0. The maximum atomic E-state index is 13.2. The average molecular weight is 363 g/mol. The number of anilines is 1. The first-order valence-corrected chi connectivity index (χ1v) is 9.15. The summed E-state index contributed by atoms with van der Waals surface area (Å²) in [5.74, 6) is 0.163. The highest BCUT2D eigenvalue weighted by molar-refractivity contribution is 6.01. The normalized spacial score (nSPS) is 11.1. The van der Waals surface area contributed by atoms with Gasteiger partial charge in [-0.15, -0.1) is 0 Å². The van der Waals surface area contributed by atoms with Crippen LogP contribution in [0.5, 0.6) is 0 Å². The van der Waals surface area contributed by atoms with Gasteiger partial charge in [-0.25, -0.2) is 0 Å². The van der Waals surface area contributed by atoms with Gasteiger partial charge in [-0.3, -0.25) is 9.59 Å². The third kappa shape index (κ3) is 3.78. The zero-order valence-electron chi connectivity index (χ0n) is 16.0. The van der Waals surface area contributed by atoms with E-state index in [4.69, 9.17) is 5.73 Å². The van der Waals surface area contributed by atoms with E-state index in [1.807, 2.05) is 36.4 Å². The molecule has 1 heterocycles. The summed E-state index contributed by atoms with van der Waals surface area (Å²) in [5.41, 5.74) is 9.49. The van der Waals surface area contributed by atoms with Crippen molar-refractivity contribution >= 4 is 22.4 Å². The highest BCUT2D eigenvalue weighted by Crippen LogP contribution is 2.32. The van der Waals surface area contributed by atoms with E-state index in [9.17, 15) is 9.59 Å². The molecule has 3 N–H and O–H groups in total. The lowest BCUT2D eigenvalue weighted by Crippen LogP contribution is -2.28. The maximum absolute atomic E-state index is 13.2. The van der Waals surface area contributed by atoms with Gasteiger partial charge in [-0.1, -0.05) is 44.2 Å². The number of hydrogen-bond acceptors (Lipinski definition) is 3. The molecule has 0 radical (unpaired) electrons. The number of amides is 1. The Hall–Kier alpha value is -2.92. The number of nitrogens with two attached hydrogens (primary N) is 1. The molecule has 0 atom stereocenters. The summed E-state index contributed by atoms with van der Waals surface area (Å²) in [5, 5.41) is 4.23. The molecule has 0 aliphatic heterocycles. The van der Waals surface area contributed by atoms with E-state index >= 15 is 0 Å². The van der Waals surface area contributed by atoms with E-state index in [-0.39, 0.29) is 18.0 Å². The number of aromatic nitrogens is 1. The first kappa shape index (κ1) is 18.9. The molecule has 1 amide bonds. The molecule has 3 aromatic rings. The van der Waals surface area contributed by atoms with Gasteiger partial charge in [0.15, 0.2) is 0 Å². The molecule has 0 aliphatic rings. The molecule has 5 nitrogen and oxygen atoms in total. The zero-order valence-corrected chi connectivity index (χ0v) is 16.0. The molecular formula is C22H25N3O2. The van der Waals surface area contributed by atoms with Crippen LogP contribution in [0.25, 0.3) is 21.9 Å². The summed E-state index contributed by atoms with van der Waals surface area (Å²) < 4.78 is 1.80. The quantitative estimate of drug-likeness (QED) is 0.725. The van der Waals surface area contributed by atoms with Crippen LogP contribution < -0.4 is 16.6 Å². The first-order chi connectivity index (χ1) is 12.9. The van der Waals surface area contributed by atoms with E-state index in [0.717, 1.165) is 22.2 Å². The smallest absolute Gasteiger partial charge is 0.258 e. The molecule has 0 saturated carbocycles. The Kier molecular flexibility index (Phi) is 5.42. The van der Waals surface area contributed by atoms with Crippen molar-refractivity contribution < 1.29 is 4.79 Å². The average Bonchev–Trinajstić information content (AvgIpc) is 2.63. The molecule has 0 aliphatic carbocycles.